The standard InChI is InChI=1S/C14H11NO2S2/c16-11-3-1-4-12(7-11)19-9-10-8-17-14(15-10)13-5-2-6-18-13/h1-8,16H,9H2. The molecule has 1 N–H and O–H groups in total. The third kappa shape index (κ3) is 3.00. The van der Waals surface area contributed by atoms with Crippen LogP contribution in [0.5, 0.6) is 5.75 Å². The van der Waals surface area contributed by atoms with Gasteiger partial charge in [0.2, 0.25) is 5.89 Å². The van der Waals surface area contributed by atoms with Gasteiger partial charge in [-0.05, 0) is 29.6 Å². The quantitative estimate of drug-likeness (QED) is 0.723. The van der Waals surface area contributed by atoms with Crippen molar-refractivity contribution in [2.45, 2.75) is 10.6 Å². The van der Waals surface area contributed by atoms with Crippen LogP contribution >= 0.6 is 23.1 Å². The van der Waals surface area contributed by atoms with Gasteiger partial charge in [0.25, 0.3) is 0 Å². The maximum absolute atomic E-state index is 9.39. The number of hydrogen-bond acceptors (Lipinski definition) is 5. The number of phenolic OH excluding ortho intramolecular Hbond substituents is 1. The molecule has 3 rings (SSSR count). The van der Waals surface area contributed by atoms with E-state index in [1.165, 1.54) is 0 Å². The van der Waals surface area contributed by atoms with Crippen LogP contribution in [0.3, 0.4) is 0 Å². The van der Waals surface area contributed by atoms with E-state index in [1.54, 1.807) is 41.5 Å². The van der Waals surface area contributed by atoms with E-state index in [1.807, 2.05) is 29.6 Å². The summed E-state index contributed by atoms with van der Waals surface area (Å²) >= 11 is 3.23. The summed E-state index contributed by atoms with van der Waals surface area (Å²) in [6.07, 6.45) is 1.69. The number of oxazole rings is 1. The number of hydrogen-bond donors (Lipinski definition) is 1. The number of rotatable bonds is 4. The first-order chi connectivity index (χ1) is 9.31. The van der Waals surface area contributed by atoms with E-state index in [0.29, 0.717) is 5.89 Å². The third-order valence-corrected chi connectivity index (χ3v) is 4.37. The largest absolute Gasteiger partial charge is 0.508 e. The Kier molecular flexibility index (Phi) is 3.57. The van der Waals surface area contributed by atoms with E-state index in [0.717, 1.165) is 21.2 Å². The molecule has 19 heavy (non-hydrogen) atoms. The Morgan fingerprint density at radius 3 is 3.00 bits per heavy atom. The van der Waals surface area contributed by atoms with Gasteiger partial charge in [-0.2, -0.15) is 0 Å². The maximum Gasteiger partial charge on any atom is 0.236 e. The van der Waals surface area contributed by atoms with Gasteiger partial charge < -0.3 is 9.52 Å². The SMILES string of the molecule is Oc1cccc(SCc2coc(-c3cccs3)n2)c1. The summed E-state index contributed by atoms with van der Waals surface area (Å²) in [7, 11) is 0. The van der Waals surface area contributed by atoms with Crippen molar-refractivity contribution < 1.29 is 9.52 Å². The summed E-state index contributed by atoms with van der Waals surface area (Å²) in [5.74, 6) is 1.67. The summed E-state index contributed by atoms with van der Waals surface area (Å²) in [5, 5.41) is 11.4. The summed E-state index contributed by atoms with van der Waals surface area (Å²) in [6.45, 7) is 0. The molecule has 3 aromatic rings. The molecule has 0 bridgehead atoms. The van der Waals surface area contributed by atoms with Gasteiger partial charge in [-0.15, -0.1) is 23.1 Å². The number of aromatic nitrogens is 1. The van der Waals surface area contributed by atoms with Gasteiger partial charge in [0.15, 0.2) is 0 Å². The smallest absolute Gasteiger partial charge is 0.236 e. The highest BCUT2D eigenvalue weighted by Crippen LogP contribution is 2.28. The fourth-order valence-corrected chi connectivity index (χ4v) is 3.10. The van der Waals surface area contributed by atoms with Crippen LogP contribution in [-0.2, 0) is 5.75 Å². The van der Waals surface area contributed by atoms with Gasteiger partial charge in [-0.3, -0.25) is 0 Å². The van der Waals surface area contributed by atoms with Crippen molar-refractivity contribution in [2.24, 2.45) is 0 Å². The molecule has 0 radical (unpaired) electrons. The lowest BCUT2D eigenvalue weighted by Gasteiger charge is -1.99. The van der Waals surface area contributed by atoms with Gasteiger partial charge >= 0.3 is 0 Å². The van der Waals surface area contributed by atoms with E-state index < -0.39 is 0 Å². The highest BCUT2D eigenvalue weighted by atomic mass is 32.2. The predicted octanol–water partition coefficient (Wildman–Crippen LogP) is 4.40. The fourth-order valence-electron chi connectivity index (χ4n) is 1.62. The van der Waals surface area contributed by atoms with Crippen LogP contribution in [0.1, 0.15) is 5.69 Å². The molecule has 1 aromatic carbocycles. The molecule has 5 heteroatoms. The molecule has 0 atom stereocenters. The lowest BCUT2D eigenvalue weighted by molar-refractivity contribution is 0.474. The van der Waals surface area contributed by atoms with Gasteiger partial charge in [-0.25, -0.2) is 4.98 Å². The minimum Gasteiger partial charge on any atom is -0.508 e. The summed E-state index contributed by atoms with van der Waals surface area (Å²) in [6, 6.07) is 11.2. The van der Waals surface area contributed by atoms with Crippen LogP contribution in [0.25, 0.3) is 10.8 Å². The van der Waals surface area contributed by atoms with E-state index in [9.17, 15) is 5.11 Å². The Labute approximate surface area is 118 Å². The molecule has 0 fully saturated rings. The number of benzene rings is 1. The second-order valence-electron chi connectivity index (χ2n) is 3.91. The number of aromatic hydroxyl groups is 1. The number of thiophene rings is 1. The Hall–Kier alpha value is -1.72. The first-order valence-corrected chi connectivity index (χ1v) is 7.58. The van der Waals surface area contributed by atoms with Crippen molar-refractivity contribution in [3.8, 4) is 16.5 Å². The zero-order valence-electron chi connectivity index (χ0n) is 9.95. The van der Waals surface area contributed by atoms with Crippen LogP contribution in [0.2, 0.25) is 0 Å². The van der Waals surface area contributed by atoms with Crippen molar-refractivity contribution in [3.05, 3.63) is 53.7 Å². The molecule has 0 saturated carbocycles. The minimum absolute atomic E-state index is 0.282. The second-order valence-corrected chi connectivity index (χ2v) is 5.90. The Bertz CT molecular complexity index is 662. The number of phenols is 1. The average molecular weight is 289 g/mol. The Morgan fingerprint density at radius 2 is 2.21 bits per heavy atom. The van der Waals surface area contributed by atoms with Crippen LogP contribution in [0.4, 0.5) is 0 Å². The molecule has 0 aliphatic rings. The monoisotopic (exact) mass is 289 g/mol. The van der Waals surface area contributed by atoms with Crippen LogP contribution in [0, 0.1) is 0 Å². The highest BCUT2D eigenvalue weighted by Gasteiger charge is 2.07. The molecular weight excluding hydrogens is 278 g/mol. The van der Waals surface area contributed by atoms with Gasteiger partial charge in [-0.1, -0.05) is 12.1 Å². The molecule has 0 aliphatic heterocycles. The molecular formula is C14H11NO2S2. The average Bonchev–Trinajstić information content (AvgIpc) is 3.07. The van der Waals surface area contributed by atoms with E-state index in [2.05, 4.69) is 4.98 Å². The van der Waals surface area contributed by atoms with Crippen LogP contribution in [0.15, 0.2) is 57.4 Å². The van der Waals surface area contributed by atoms with Crippen molar-refractivity contribution >= 4 is 23.1 Å². The van der Waals surface area contributed by atoms with Crippen molar-refractivity contribution in [2.75, 3.05) is 0 Å². The molecule has 0 spiro atoms. The molecule has 0 amide bonds. The first kappa shape index (κ1) is 12.3. The van der Waals surface area contributed by atoms with E-state index in [-0.39, 0.29) is 5.75 Å². The Balaban J connectivity index is 1.68. The van der Waals surface area contributed by atoms with Gasteiger partial charge in [0, 0.05) is 10.6 Å². The summed E-state index contributed by atoms with van der Waals surface area (Å²) < 4.78 is 5.46. The van der Waals surface area contributed by atoms with Gasteiger partial charge in [0.1, 0.15) is 12.0 Å². The topological polar surface area (TPSA) is 46.3 Å². The molecule has 0 aliphatic carbocycles. The highest BCUT2D eigenvalue weighted by molar-refractivity contribution is 7.98. The van der Waals surface area contributed by atoms with Crippen LogP contribution < -0.4 is 0 Å². The number of nitrogens with zero attached hydrogens (tertiary/aromatic N) is 1. The lowest BCUT2D eigenvalue weighted by atomic mass is 10.3. The zero-order chi connectivity index (χ0) is 13.1. The molecule has 2 heterocycles. The zero-order valence-corrected chi connectivity index (χ0v) is 11.6. The molecule has 3 nitrogen and oxygen atoms in total. The molecule has 0 unspecified atom stereocenters. The Morgan fingerprint density at radius 1 is 1.26 bits per heavy atom. The lowest BCUT2D eigenvalue weighted by Crippen LogP contribution is -1.81. The predicted molar refractivity (Wildman–Crippen MR) is 77.5 cm³/mol. The van der Waals surface area contributed by atoms with Crippen molar-refractivity contribution in [1.29, 1.82) is 0 Å². The minimum atomic E-state index is 0.282. The van der Waals surface area contributed by atoms with Crippen molar-refractivity contribution in [1.82, 2.24) is 4.98 Å². The molecule has 96 valence electrons. The summed E-state index contributed by atoms with van der Waals surface area (Å²) in [4.78, 5) is 6.50. The maximum atomic E-state index is 9.39. The van der Waals surface area contributed by atoms with Gasteiger partial charge in [0.05, 0.1) is 10.6 Å². The van der Waals surface area contributed by atoms with Crippen molar-refractivity contribution in [3.63, 3.8) is 0 Å². The normalized spacial score (nSPS) is 10.7. The van der Waals surface area contributed by atoms with E-state index >= 15 is 0 Å². The van der Waals surface area contributed by atoms with Crippen LogP contribution in [-0.4, -0.2) is 10.1 Å². The third-order valence-electron chi connectivity index (χ3n) is 2.49. The summed E-state index contributed by atoms with van der Waals surface area (Å²) in [5.41, 5.74) is 0.900. The second kappa shape index (κ2) is 5.50. The molecule has 2 aromatic heterocycles. The molecule has 0 saturated heterocycles. The van der Waals surface area contributed by atoms with E-state index in [4.69, 9.17) is 4.42 Å². The fraction of sp³-hybridized carbons (Fsp3) is 0.0714. The number of thioether (sulfide) groups is 1. The first-order valence-electron chi connectivity index (χ1n) is 5.71.